The van der Waals surface area contributed by atoms with Gasteiger partial charge in [0.2, 0.25) is 0 Å². The van der Waals surface area contributed by atoms with Gasteiger partial charge in [0.15, 0.2) is 0 Å². The van der Waals surface area contributed by atoms with E-state index >= 15 is 0 Å². The van der Waals surface area contributed by atoms with E-state index in [4.69, 9.17) is 4.74 Å². The van der Waals surface area contributed by atoms with Crippen LogP contribution < -0.4 is 10.2 Å². The van der Waals surface area contributed by atoms with Gasteiger partial charge in [-0.1, -0.05) is 0 Å². The van der Waals surface area contributed by atoms with Crippen LogP contribution in [0.4, 0.5) is 11.5 Å². The molecule has 1 fully saturated rings. The van der Waals surface area contributed by atoms with Crippen molar-refractivity contribution in [2.45, 2.75) is 26.4 Å². The maximum absolute atomic E-state index is 12.8. The number of aryl methyl sites for hydroxylation is 1. The molecular formula is C25H26N6O3. The number of aromatic nitrogens is 3. The van der Waals surface area contributed by atoms with E-state index in [1.165, 1.54) is 6.20 Å². The Morgan fingerprint density at radius 3 is 2.65 bits per heavy atom. The summed E-state index contributed by atoms with van der Waals surface area (Å²) in [6, 6.07) is 9.07. The average molecular weight is 459 g/mol. The lowest BCUT2D eigenvalue weighted by atomic mass is 9.99. The molecule has 34 heavy (non-hydrogen) atoms. The average Bonchev–Trinajstić information content (AvgIpc) is 2.85. The fourth-order valence-electron chi connectivity index (χ4n) is 3.74. The first kappa shape index (κ1) is 23.3. The van der Waals surface area contributed by atoms with Crippen molar-refractivity contribution in [2.75, 3.05) is 36.5 Å². The third-order valence-corrected chi connectivity index (χ3v) is 5.65. The number of ether oxygens (including phenoxy) is 1. The molecule has 1 amide bonds. The lowest BCUT2D eigenvalue weighted by Crippen LogP contribution is -2.37. The summed E-state index contributed by atoms with van der Waals surface area (Å²) in [5, 5.41) is 22.8. The van der Waals surface area contributed by atoms with Gasteiger partial charge in [0.1, 0.15) is 17.6 Å². The van der Waals surface area contributed by atoms with Crippen LogP contribution in [0.5, 0.6) is 0 Å². The Morgan fingerprint density at radius 1 is 1.18 bits per heavy atom. The number of pyridine rings is 3. The van der Waals surface area contributed by atoms with Crippen molar-refractivity contribution in [3.05, 3.63) is 65.4 Å². The van der Waals surface area contributed by atoms with Crippen molar-refractivity contribution in [1.82, 2.24) is 15.0 Å². The van der Waals surface area contributed by atoms with E-state index in [0.29, 0.717) is 48.9 Å². The van der Waals surface area contributed by atoms with Gasteiger partial charge in [-0.3, -0.25) is 14.8 Å². The molecule has 2 N–H and O–H groups in total. The number of hydrogen-bond acceptors (Lipinski definition) is 8. The number of carbonyl (C=O) groups is 1. The van der Waals surface area contributed by atoms with Gasteiger partial charge in [0, 0.05) is 42.3 Å². The zero-order chi connectivity index (χ0) is 24.3. The second-order valence-corrected chi connectivity index (χ2v) is 8.61. The van der Waals surface area contributed by atoms with E-state index in [2.05, 4.69) is 26.3 Å². The number of amides is 1. The van der Waals surface area contributed by atoms with Gasteiger partial charge in [0.25, 0.3) is 5.91 Å². The van der Waals surface area contributed by atoms with Gasteiger partial charge >= 0.3 is 0 Å². The Labute approximate surface area is 198 Å². The predicted molar refractivity (Wildman–Crippen MR) is 127 cm³/mol. The van der Waals surface area contributed by atoms with Gasteiger partial charge < -0.3 is 20.1 Å². The number of hydrogen-bond donors (Lipinski definition) is 2. The largest absolute Gasteiger partial charge is 0.386 e. The molecule has 1 saturated heterocycles. The summed E-state index contributed by atoms with van der Waals surface area (Å²) >= 11 is 0. The molecule has 9 nitrogen and oxygen atoms in total. The second-order valence-electron chi connectivity index (χ2n) is 8.61. The molecule has 0 atom stereocenters. The molecule has 0 bridgehead atoms. The van der Waals surface area contributed by atoms with Gasteiger partial charge in [-0.2, -0.15) is 5.26 Å². The van der Waals surface area contributed by atoms with E-state index in [0.717, 1.165) is 16.8 Å². The van der Waals surface area contributed by atoms with Crippen molar-refractivity contribution in [3.63, 3.8) is 0 Å². The lowest BCUT2D eigenvalue weighted by molar-refractivity contribution is 0.0783. The summed E-state index contributed by atoms with van der Waals surface area (Å²) in [7, 11) is 0. The van der Waals surface area contributed by atoms with Crippen molar-refractivity contribution < 1.29 is 14.6 Å². The molecule has 0 radical (unpaired) electrons. The second kappa shape index (κ2) is 9.55. The van der Waals surface area contributed by atoms with Crippen molar-refractivity contribution in [2.24, 2.45) is 0 Å². The van der Waals surface area contributed by atoms with Crippen LogP contribution in [-0.2, 0) is 10.3 Å². The molecular weight excluding hydrogens is 432 g/mol. The van der Waals surface area contributed by atoms with Crippen LogP contribution in [0, 0.1) is 18.3 Å². The summed E-state index contributed by atoms with van der Waals surface area (Å²) in [5.41, 5.74) is 2.87. The van der Waals surface area contributed by atoms with Crippen molar-refractivity contribution in [3.8, 4) is 17.2 Å². The number of aliphatic hydroxyl groups is 1. The molecule has 0 aliphatic carbocycles. The highest BCUT2D eigenvalue weighted by Crippen LogP contribution is 2.29. The number of rotatable bonds is 5. The maximum Gasteiger partial charge on any atom is 0.274 e. The van der Waals surface area contributed by atoms with Crippen molar-refractivity contribution in [1.29, 1.82) is 5.26 Å². The first-order chi connectivity index (χ1) is 16.3. The third-order valence-electron chi connectivity index (χ3n) is 5.65. The molecule has 0 unspecified atom stereocenters. The van der Waals surface area contributed by atoms with Gasteiger partial charge in [0.05, 0.1) is 36.3 Å². The smallest absolute Gasteiger partial charge is 0.274 e. The fourth-order valence-corrected chi connectivity index (χ4v) is 3.74. The first-order valence-electron chi connectivity index (χ1n) is 11.0. The molecule has 174 valence electrons. The zero-order valence-corrected chi connectivity index (χ0v) is 19.4. The SMILES string of the molecule is Cc1ncc(NC(=O)c2cc(C(C)(C)O)ccn2)cc1-c1cnc(N2CCOCC2)c(C#N)c1. The van der Waals surface area contributed by atoms with E-state index < -0.39 is 11.5 Å². The summed E-state index contributed by atoms with van der Waals surface area (Å²) in [6.45, 7) is 7.73. The molecule has 9 heteroatoms. The van der Waals surface area contributed by atoms with Crippen LogP contribution in [0.1, 0.15) is 41.2 Å². The summed E-state index contributed by atoms with van der Waals surface area (Å²) in [5.74, 6) is 0.226. The molecule has 3 aromatic rings. The fraction of sp³-hybridized carbons (Fsp3) is 0.320. The minimum atomic E-state index is -1.09. The summed E-state index contributed by atoms with van der Waals surface area (Å²) < 4.78 is 5.39. The Bertz CT molecular complexity index is 1260. The molecule has 1 aliphatic heterocycles. The standard InChI is InChI=1S/C25H26N6O3/c1-16-21(18-10-17(13-26)23(29-14-18)31-6-8-34-9-7-31)12-20(15-28-16)30-24(32)22-11-19(4-5-27-22)25(2,3)33/h4-5,10-12,14-15,33H,6-9H2,1-3H3,(H,30,32). The van der Waals surface area contributed by atoms with E-state index in [1.54, 1.807) is 50.5 Å². The van der Waals surface area contributed by atoms with Crippen LogP contribution in [-0.4, -0.2) is 52.3 Å². The monoisotopic (exact) mass is 458 g/mol. The lowest BCUT2D eigenvalue weighted by Gasteiger charge is -2.28. The predicted octanol–water partition coefficient (Wildman–Crippen LogP) is 3.04. The van der Waals surface area contributed by atoms with Crippen LogP contribution in [0.25, 0.3) is 11.1 Å². The summed E-state index contributed by atoms with van der Waals surface area (Å²) in [4.78, 5) is 27.9. The molecule has 0 saturated carbocycles. The highest BCUT2D eigenvalue weighted by atomic mass is 16.5. The molecule has 0 aromatic carbocycles. The van der Waals surface area contributed by atoms with Crippen LogP contribution in [0.2, 0.25) is 0 Å². The number of carbonyl (C=O) groups excluding carboxylic acids is 1. The number of nitrogens with zero attached hydrogens (tertiary/aromatic N) is 5. The minimum Gasteiger partial charge on any atom is -0.386 e. The quantitative estimate of drug-likeness (QED) is 0.598. The normalized spacial score (nSPS) is 13.9. The van der Waals surface area contributed by atoms with Gasteiger partial charge in [-0.15, -0.1) is 0 Å². The molecule has 4 heterocycles. The molecule has 1 aliphatic rings. The van der Waals surface area contributed by atoms with Crippen LogP contribution in [0.15, 0.2) is 42.9 Å². The molecule has 3 aromatic heterocycles. The highest BCUT2D eigenvalue weighted by Gasteiger charge is 2.20. The van der Waals surface area contributed by atoms with Gasteiger partial charge in [-0.05, 0) is 50.6 Å². The Kier molecular flexibility index (Phi) is 6.54. The minimum absolute atomic E-state index is 0.185. The van der Waals surface area contributed by atoms with E-state index in [9.17, 15) is 15.2 Å². The third kappa shape index (κ3) is 5.03. The number of nitriles is 1. The molecule has 4 rings (SSSR count). The number of nitrogens with one attached hydrogen (secondary N) is 1. The molecule has 0 spiro atoms. The van der Waals surface area contributed by atoms with E-state index in [-0.39, 0.29) is 5.69 Å². The maximum atomic E-state index is 12.8. The van der Waals surface area contributed by atoms with Gasteiger partial charge in [-0.25, -0.2) is 4.98 Å². The van der Waals surface area contributed by atoms with Crippen LogP contribution >= 0.6 is 0 Å². The summed E-state index contributed by atoms with van der Waals surface area (Å²) in [6.07, 6.45) is 4.78. The first-order valence-corrected chi connectivity index (χ1v) is 11.0. The Balaban J connectivity index is 1.60. The highest BCUT2D eigenvalue weighted by molar-refractivity contribution is 6.03. The zero-order valence-electron chi connectivity index (χ0n) is 19.4. The van der Waals surface area contributed by atoms with E-state index in [1.807, 2.05) is 11.8 Å². The van der Waals surface area contributed by atoms with Crippen LogP contribution in [0.3, 0.4) is 0 Å². The Hall–Kier alpha value is -3.87. The number of anilines is 2. The Morgan fingerprint density at radius 2 is 1.94 bits per heavy atom. The topological polar surface area (TPSA) is 124 Å². The number of morpholine rings is 1. The van der Waals surface area contributed by atoms with Crippen molar-refractivity contribution >= 4 is 17.4 Å².